The van der Waals surface area contributed by atoms with Gasteiger partial charge < -0.3 is 10.0 Å². The maximum Gasteiger partial charge on any atom is 0.333 e. The third-order valence-electron chi connectivity index (χ3n) is 2.71. The second-order valence-corrected chi connectivity index (χ2v) is 4.04. The monoisotopic (exact) mass is 256 g/mol. The summed E-state index contributed by atoms with van der Waals surface area (Å²) < 4.78 is 1.62. The number of nitrogens with zero attached hydrogens (tertiary/aromatic N) is 4. The predicted molar refractivity (Wildman–Crippen MR) is 68.9 cm³/mol. The molecule has 7 heteroatoms. The van der Waals surface area contributed by atoms with Gasteiger partial charge in [-0.05, 0) is 20.3 Å². The van der Waals surface area contributed by atoms with Gasteiger partial charge in [-0.3, -0.25) is 10.1 Å². The molecule has 0 aliphatic rings. The van der Waals surface area contributed by atoms with Crippen molar-refractivity contribution in [2.75, 3.05) is 24.6 Å². The third-order valence-corrected chi connectivity index (χ3v) is 2.71. The first-order valence-electron chi connectivity index (χ1n) is 6.14. The van der Waals surface area contributed by atoms with Gasteiger partial charge in [-0.1, -0.05) is 6.92 Å². The molecule has 0 radical (unpaired) electrons. The Morgan fingerprint density at radius 1 is 1.44 bits per heavy atom. The average molecular weight is 256 g/mol. The third kappa shape index (κ3) is 2.79. The molecule has 0 bridgehead atoms. The largest absolute Gasteiger partial charge is 0.395 e. The minimum atomic E-state index is -0.399. The van der Waals surface area contributed by atoms with Gasteiger partial charge in [0.05, 0.1) is 11.5 Å². The van der Waals surface area contributed by atoms with Crippen LogP contribution in [0.15, 0.2) is 0 Å². The lowest BCUT2D eigenvalue weighted by Crippen LogP contribution is -2.30. The highest BCUT2D eigenvalue weighted by molar-refractivity contribution is 5.61. The quantitative estimate of drug-likeness (QED) is 0.587. The van der Waals surface area contributed by atoms with Crippen LogP contribution in [-0.4, -0.2) is 39.5 Å². The summed E-state index contributed by atoms with van der Waals surface area (Å²) in [6.07, 6.45) is 0.852. The smallest absolute Gasteiger partial charge is 0.333 e. The van der Waals surface area contributed by atoms with Gasteiger partial charge in [0.1, 0.15) is 5.69 Å². The van der Waals surface area contributed by atoms with Gasteiger partial charge in [0.15, 0.2) is 0 Å². The molecule has 1 aromatic rings. The SMILES string of the molecule is CCCN(CCO)c1c([N+](=O)[O-])c(C)nn1CC. The second kappa shape index (κ2) is 6.34. The van der Waals surface area contributed by atoms with Gasteiger partial charge >= 0.3 is 5.69 Å². The fourth-order valence-corrected chi connectivity index (χ4v) is 2.02. The van der Waals surface area contributed by atoms with Crippen molar-refractivity contribution in [3.63, 3.8) is 0 Å². The number of aliphatic hydroxyl groups is 1. The van der Waals surface area contributed by atoms with E-state index in [-0.39, 0.29) is 12.3 Å². The van der Waals surface area contributed by atoms with E-state index >= 15 is 0 Å². The Morgan fingerprint density at radius 3 is 2.56 bits per heavy atom. The van der Waals surface area contributed by atoms with Crippen LogP contribution in [0, 0.1) is 17.0 Å². The van der Waals surface area contributed by atoms with Crippen LogP contribution in [0.2, 0.25) is 0 Å². The number of hydrogen-bond acceptors (Lipinski definition) is 5. The summed E-state index contributed by atoms with van der Waals surface area (Å²) in [6.45, 7) is 7.09. The van der Waals surface area contributed by atoms with E-state index in [0.29, 0.717) is 31.1 Å². The molecule has 0 amide bonds. The van der Waals surface area contributed by atoms with Gasteiger partial charge in [-0.2, -0.15) is 5.10 Å². The first kappa shape index (κ1) is 14.4. The summed E-state index contributed by atoms with van der Waals surface area (Å²) in [4.78, 5) is 12.6. The molecule has 1 aromatic heterocycles. The van der Waals surface area contributed by atoms with Crippen LogP contribution in [0.25, 0.3) is 0 Å². The lowest BCUT2D eigenvalue weighted by molar-refractivity contribution is -0.384. The van der Waals surface area contributed by atoms with Gasteiger partial charge in [0, 0.05) is 19.6 Å². The minimum absolute atomic E-state index is 0.0366. The molecule has 0 fully saturated rings. The predicted octanol–water partition coefficient (Wildman–Crippen LogP) is 1.33. The molecule has 1 rings (SSSR count). The van der Waals surface area contributed by atoms with E-state index in [1.165, 1.54) is 0 Å². The Balaban J connectivity index is 3.28. The number of anilines is 1. The highest BCUT2D eigenvalue weighted by atomic mass is 16.6. The van der Waals surface area contributed by atoms with E-state index in [0.717, 1.165) is 6.42 Å². The van der Waals surface area contributed by atoms with Crippen molar-refractivity contribution in [1.29, 1.82) is 0 Å². The van der Waals surface area contributed by atoms with Crippen molar-refractivity contribution in [2.45, 2.75) is 33.7 Å². The van der Waals surface area contributed by atoms with Crippen LogP contribution >= 0.6 is 0 Å². The molecule has 0 spiro atoms. The average Bonchev–Trinajstić information content (AvgIpc) is 2.65. The van der Waals surface area contributed by atoms with Crippen molar-refractivity contribution in [3.8, 4) is 0 Å². The van der Waals surface area contributed by atoms with E-state index in [4.69, 9.17) is 5.11 Å². The molecule has 1 N–H and O–H groups in total. The highest BCUT2D eigenvalue weighted by Gasteiger charge is 2.28. The molecule has 0 saturated heterocycles. The standard InChI is InChI=1S/C11H20N4O3/c1-4-6-13(7-8-16)11-10(15(17)18)9(3)12-14(11)5-2/h16H,4-8H2,1-3H3. The summed E-state index contributed by atoms with van der Waals surface area (Å²) in [6, 6.07) is 0. The van der Waals surface area contributed by atoms with Crippen LogP contribution in [0.5, 0.6) is 0 Å². The van der Waals surface area contributed by atoms with E-state index in [2.05, 4.69) is 5.10 Å². The zero-order valence-corrected chi connectivity index (χ0v) is 11.1. The maximum atomic E-state index is 11.1. The maximum absolute atomic E-state index is 11.1. The Bertz CT molecular complexity index is 411. The second-order valence-electron chi connectivity index (χ2n) is 4.04. The van der Waals surface area contributed by atoms with Crippen molar-refractivity contribution < 1.29 is 10.0 Å². The topological polar surface area (TPSA) is 84.4 Å². The lowest BCUT2D eigenvalue weighted by Gasteiger charge is -2.22. The summed E-state index contributed by atoms with van der Waals surface area (Å²) in [7, 11) is 0. The molecule has 0 unspecified atom stereocenters. The van der Waals surface area contributed by atoms with Crippen LogP contribution in [0.1, 0.15) is 26.0 Å². The van der Waals surface area contributed by atoms with E-state index in [9.17, 15) is 10.1 Å². The summed E-state index contributed by atoms with van der Waals surface area (Å²) in [5.74, 6) is 0.496. The Labute approximate surface area is 106 Å². The van der Waals surface area contributed by atoms with E-state index < -0.39 is 4.92 Å². The first-order chi connectivity index (χ1) is 8.56. The lowest BCUT2D eigenvalue weighted by atomic mass is 10.3. The molecule has 7 nitrogen and oxygen atoms in total. The molecule has 0 aliphatic heterocycles. The normalized spacial score (nSPS) is 10.7. The fourth-order valence-electron chi connectivity index (χ4n) is 2.02. The van der Waals surface area contributed by atoms with Gasteiger partial charge in [-0.25, -0.2) is 4.68 Å². The van der Waals surface area contributed by atoms with Crippen LogP contribution in [0.3, 0.4) is 0 Å². The van der Waals surface area contributed by atoms with E-state index in [1.54, 1.807) is 11.6 Å². The molecule has 0 aliphatic carbocycles. The van der Waals surface area contributed by atoms with E-state index in [1.807, 2.05) is 18.7 Å². The molecule has 1 heterocycles. The number of hydrogen-bond donors (Lipinski definition) is 1. The Kier molecular flexibility index (Phi) is 5.08. The number of aliphatic hydroxyl groups excluding tert-OH is 1. The minimum Gasteiger partial charge on any atom is -0.395 e. The highest BCUT2D eigenvalue weighted by Crippen LogP contribution is 2.31. The van der Waals surface area contributed by atoms with Crippen molar-refractivity contribution in [1.82, 2.24) is 9.78 Å². The van der Waals surface area contributed by atoms with Crippen molar-refractivity contribution in [3.05, 3.63) is 15.8 Å². The zero-order chi connectivity index (χ0) is 13.7. The number of aryl methyl sites for hydroxylation is 2. The first-order valence-corrected chi connectivity index (χ1v) is 6.14. The molecular weight excluding hydrogens is 236 g/mol. The van der Waals surface area contributed by atoms with Crippen LogP contribution < -0.4 is 4.90 Å². The number of nitro groups is 1. The molecular formula is C11H20N4O3. The Morgan fingerprint density at radius 2 is 2.11 bits per heavy atom. The molecule has 0 saturated carbocycles. The molecule has 0 atom stereocenters. The molecule has 0 aromatic carbocycles. The Hall–Kier alpha value is -1.63. The number of aromatic nitrogens is 2. The summed E-state index contributed by atoms with van der Waals surface area (Å²) >= 11 is 0. The summed E-state index contributed by atoms with van der Waals surface area (Å²) in [5.41, 5.74) is 0.453. The van der Waals surface area contributed by atoms with Gasteiger partial charge in [0.2, 0.25) is 5.82 Å². The van der Waals surface area contributed by atoms with Crippen molar-refractivity contribution in [2.24, 2.45) is 0 Å². The van der Waals surface area contributed by atoms with Crippen LogP contribution in [-0.2, 0) is 6.54 Å². The van der Waals surface area contributed by atoms with Crippen LogP contribution in [0.4, 0.5) is 11.5 Å². The molecule has 102 valence electrons. The fraction of sp³-hybridized carbons (Fsp3) is 0.727. The van der Waals surface area contributed by atoms with Gasteiger partial charge in [-0.15, -0.1) is 0 Å². The number of rotatable bonds is 7. The van der Waals surface area contributed by atoms with Crippen molar-refractivity contribution >= 4 is 11.5 Å². The van der Waals surface area contributed by atoms with Gasteiger partial charge in [0.25, 0.3) is 0 Å². The molecule has 18 heavy (non-hydrogen) atoms. The summed E-state index contributed by atoms with van der Waals surface area (Å²) in [5, 5.41) is 24.4. The zero-order valence-electron chi connectivity index (χ0n) is 11.1.